The predicted octanol–water partition coefficient (Wildman–Crippen LogP) is 0.656. The van der Waals surface area contributed by atoms with E-state index in [9.17, 15) is 4.79 Å². The summed E-state index contributed by atoms with van der Waals surface area (Å²) in [4.78, 5) is 9.80. The maximum Gasteiger partial charge on any atom is 0.143 e. The smallest absolute Gasteiger partial charge is 0.143 e. The van der Waals surface area contributed by atoms with Gasteiger partial charge in [-0.25, -0.2) is 0 Å². The van der Waals surface area contributed by atoms with Crippen molar-refractivity contribution in [3.05, 3.63) is 24.0 Å². The molecule has 0 atom stereocenters. The van der Waals surface area contributed by atoms with Gasteiger partial charge in [0.1, 0.15) is 12.9 Å². The number of ether oxygens (including phenoxy) is 1. The van der Waals surface area contributed by atoms with Gasteiger partial charge in [-0.2, -0.15) is 0 Å². The first-order valence-electron chi connectivity index (χ1n) is 2.36. The molecule has 2 nitrogen and oxygen atoms in total. The lowest BCUT2D eigenvalue weighted by atomic mass is 10.3. The van der Waals surface area contributed by atoms with Crippen LogP contribution in [0, 0.1) is 0 Å². The summed E-state index contributed by atoms with van der Waals surface area (Å²) in [5.41, 5.74) is 0.931. The van der Waals surface area contributed by atoms with E-state index >= 15 is 0 Å². The van der Waals surface area contributed by atoms with Gasteiger partial charge in [0.2, 0.25) is 0 Å². The van der Waals surface area contributed by atoms with Crippen LogP contribution >= 0.6 is 0 Å². The number of aldehydes is 1. The highest BCUT2D eigenvalue weighted by molar-refractivity contribution is 5.67. The molecule has 0 unspecified atom stereocenters. The molecule has 0 saturated carbocycles. The van der Waals surface area contributed by atoms with Crippen LogP contribution in [0.2, 0.25) is 0 Å². The number of carbonyl (C=O) groups excluding carboxylic acids is 1. The molecule has 0 saturated heterocycles. The van der Waals surface area contributed by atoms with E-state index in [2.05, 4.69) is 0 Å². The lowest BCUT2D eigenvalue weighted by Crippen LogP contribution is -1.81. The van der Waals surface area contributed by atoms with Crippen LogP contribution in [0.5, 0.6) is 0 Å². The highest BCUT2D eigenvalue weighted by Crippen LogP contribution is 2.04. The molecule has 0 spiro atoms. The fourth-order valence-electron chi connectivity index (χ4n) is 0.519. The van der Waals surface area contributed by atoms with Gasteiger partial charge in [0.25, 0.3) is 0 Å². The van der Waals surface area contributed by atoms with Crippen molar-refractivity contribution in [2.75, 3.05) is 6.61 Å². The van der Waals surface area contributed by atoms with E-state index in [4.69, 9.17) is 4.74 Å². The summed E-state index contributed by atoms with van der Waals surface area (Å²) in [5.74, 6) is 0. The molecule has 0 aromatic rings. The lowest BCUT2D eigenvalue weighted by molar-refractivity contribution is -0.104. The van der Waals surface area contributed by atoms with E-state index in [0.717, 1.165) is 11.9 Å². The molecule has 42 valence electrons. The molecule has 1 rings (SSSR count). The Morgan fingerprint density at radius 3 is 3.12 bits per heavy atom. The Kier molecular flexibility index (Phi) is 1.47. The van der Waals surface area contributed by atoms with Crippen molar-refractivity contribution >= 4 is 6.29 Å². The molecule has 0 N–H and O–H groups in total. The predicted molar refractivity (Wildman–Crippen MR) is 29.2 cm³/mol. The molecule has 0 amide bonds. The van der Waals surface area contributed by atoms with E-state index in [0.29, 0.717) is 6.61 Å². The number of carbonyl (C=O) groups is 1. The second kappa shape index (κ2) is 2.31. The molecule has 1 heterocycles. The van der Waals surface area contributed by atoms with Crippen LogP contribution in [0.1, 0.15) is 0 Å². The van der Waals surface area contributed by atoms with Gasteiger partial charge in [-0.05, 0) is 17.7 Å². The van der Waals surface area contributed by atoms with Crippen molar-refractivity contribution in [3.8, 4) is 0 Å². The minimum atomic E-state index is 0.540. The van der Waals surface area contributed by atoms with Crippen LogP contribution in [0.25, 0.3) is 0 Å². The average Bonchev–Trinajstić information content (AvgIpc) is 2.19. The van der Waals surface area contributed by atoms with Crippen molar-refractivity contribution in [3.63, 3.8) is 0 Å². The normalized spacial score (nSPS) is 21.2. The zero-order chi connectivity index (χ0) is 5.82. The van der Waals surface area contributed by atoms with Gasteiger partial charge in [0, 0.05) is 0 Å². The molecule has 1 aliphatic heterocycles. The summed E-state index contributed by atoms with van der Waals surface area (Å²) in [6.07, 6.45) is 5.60. The standard InChI is InChI=1S/C6H6O2/c7-3-1-6-2-4-8-5-6/h1-4H,5H2/b6-1-. The molecular formula is C6H6O2. The average molecular weight is 110 g/mol. The largest absolute Gasteiger partial charge is 0.496 e. The van der Waals surface area contributed by atoms with Gasteiger partial charge in [-0.3, -0.25) is 4.79 Å². The summed E-state index contributed by atoms with van der Waals surface area (Å²) in [7, 11) is 0. The summed E-state index contributed by atoms with van der Waals surface area (Å²) in [6.45, 7) is 0.540. The lowest BCUT2D eigenvalue weighted by Gasteiger charge is -1.85. The highest BCUT2D eigenvalue weighted by Gasteiger charge is 1.96. The SMILES string of the molecule is O=C/C=C1/C=COC1. The Morgan fingerprint density at radius 1 is 1.75 bits per heavy atom. The Balaban J connectivity index is 2.58. The van der Waals surface area contributed by atoms with Crippen LogP contribution in [0.4, 0.5) is 0 Å². The van der Waals surface area contributed by atoms with E-state index in [1.54, 1.807) is 12.3 Å². The molecule has 8 heavy (non-hydrogen) atoms. The second-order valence-corrected chi connectivity index (χ2v) is 1.49. The third kappa shape index (κ3) is 0.964. The summed E-state index contributed by atoms with van der Waals surface area (Å²) < 4.78 is 4.80. The van der Waals surface area contributed by atoms with Crippen LogP contribution in [-0.2, 0) is 9.53 Å². The van der Waals surface area contributed by atoms with Crippen LogP contribution in [-0.4, -0.2) is 12.9 Å². The molecule has 1 aliphatic rings. The Hall–Kier alpha value is -1.05. The summed E-state index contributed by atoms with van der Waals surface area (Å²) in [6, 6.07) is 0. The van der Waals surface area contributed by atoms with Crippen molar-refractivity contribution in [2.45, 2.75) is 0 Å². The Morgan fingerprint density at radius 2 is 2.62 bits per heavy atom. The van der Waals surface area contributed by atoms with Crippen molar-refractivity contribution < 1.29 is 9.53 Å². The van der Waals surface area contributed by atoms with Gasteiger partial charge < -0.3 is 4.74 Å². The molecule has 0 radical (unpaired) electrons. The molecule has 0 aliphatic carbocycles. The zero-order valence-corrected chi connectivity index (χ0v) is 4.33. The monoisotopic (exact) mass is 110 g/mol. The zero-order valence-electron chi connectivity index (χ0n) is 4.33. The quantitative estimate of drug-likeness (QED) is 0.366. The minimum Gasteiger partial charge on any atom is -0.496 e. The third-order valence-corrected chi connectivity index (χ3v) is 0.910. The van der Waals surface area contributed by atoms with Crippen LogP contribution in [0.15, 0.2) is 24.0 Å². The van der Waals surface area contributed by atoms with Crippen molar-refractivity contribution in [1.82, 2.24) is 0 Å². The van der Waals surface area contributed by atoms with Crippen molar-refractivity contribution in [1.29, 1.82) is 0 Å². The molecule has 0 fully saturated rings. The van der Waals surface area contributed by atoms with Crippen molar-refractivity contribution in [2.24, 2.45) is 0 Å². The third-order valence-electron chi connectivity index (χ3n) is 0.910. The van der Waals surface area contributed by atoms with E-state index < -0.39 is 0 Å². The Labute approximate surface area is 47.5 Å². The Bertz CT molecular complexity index is 145. The first-order chi connectivity index (χ1) is 3.93. The van der Waals surface area contributed by atoms with Gasteiger partial charge in [-0.15, -0.1) is 0 Å². The van der Waals surface area contributed by atoms with E-state index in [-0.39, 0.29) is 0 Å². The number of rotatable bonds is 1. The maximum atomic E-state index is 9.80. The number of hydrogen-bond acceptors (Lipinski definition) is 2. The van der Waals surface area contributed by atoms with E-state index in [1.807, 2.05) is 0 Å². The summed E-state index contributed by atoms with van der Waals surface area (Å²) in [5, 5.41) is 0. The first-order valence-corrected chi connectivity index (χ1v) is 2.36. The first kappa shape index (κ1) is 5.09. The van der Waals surface area contributed by atoms with Gasteiger partial charge in [0.15, 0.2) is 0 Å². The van der Waals surface area contributed by atoms with Gasteiger partial charge in [-0.1, -0.05) is 0 Å². The minimum absolute atomic E-state index is 0.540. The fraction of sp³-hybridized carbons (Fsp3) is 0.167. The van der Waals surface area contributed by atoms with Crippen LogP contribution in [0.3, 0.4) is 0 Å². The molecule has 0 aromatic heterocycles. The molecular weight excluding hydrogens is 104 g/mol. The second-order valence-electron chi connectivity index (χ2n) is 1.49. The number of hydrogen-bond donors (Lipinski definition) is 0. The van der Waals surface area contributed by atoms with Crippen LogP contribution < -0.4 is 0 Å². The van der Waals surface area contributed by atoms with E-state index in [1.165, 1.54) is 6.08 Å². The molecule has 0 bridgehead atoms. The molecule has 0 aromatic carbocycles. The molecule has 2 heteroatoms. The maximum absolute atomic E-state index is 9.80. The number of allylic oxidation sites excluding steroid dienone is 1. The van der Waals surface area contributed by atoms with Gasteiger partial charge >= 0.3 is 0 Å². The van der Waals surface area contributed by atoms with Gasteiger partial charge in [0.05, 0.1) is 6.26 Å². The highest BCUT2D eigenvalue weighted by atomic mass is 16.5. The topological polar surface area (TPSA) is 26.3 Å². The summed E-state index contributed by atoms with van der Waals surface area (Å²) >= 11 is 0. The fourth-order valence-corrected chi connectivity index (χ4v) is 0.519.